The molecule has 0 unspecified atom stereocenters. The molecule has 1 nitrogen and oxygen atoms in total. The second-order valence-corrected chi connectivity index (χ2v) is 12.2. The van der Waals surface area contributed by atoms with Gasteiger partial charge in [-0.2, -0.15) is 0 Å². The first-order chi connectivity index (χ1) is 16.2. The van der Waals surface area contributed by atoms with E-state index in [1.165, 1.54) is 47.6 Å². The first-order valence-corrected chi connectivity index (χ1v) is 12.9. The summed E-state index contributed by atoms with van der Waals surface area (Å²) in [6, 6.07) is 28.7. The molecule has 0 atom stereocenters. The molecule has 6 aromatic rings. The average Bonchev–Trinajstić information content (AvgIpc) is 3.37. The summed E-state index contributed by atoms with van der Waals surface area (Å²) >= 11 is 1.89. The summed E-state index contributed by atoms with van der Waals surface area (Å²) in [5.74, 6) is 0. The Bertz CT molecular complexity index is 1690. The van der Waals surface area contributed by atoms with Gasteiger partial charge in [0.25, 0.3) is 0 Å². The third-order valence-electron chi connectivity index (χ3n) is 7.18. The predicted molar refractivity (Wildman–Crippen MR) is 148 cm³/mol. The van der Waals surface area contributed by atoms with E-state index in [0.717, 1.165) is 17.6 Å². The van der Waals surface area contributed by atoms with Crippen LogP contribution in [0.25, 0.3) is 42.1 Å². The van der Waals surface area contributed by atoms with E-state index in [4.69, 9.17) is 4.42 Å². The fourth-order valence-electron chi connectivity index (χ4n) is 5.58. The van der Waals surface area contributed by atoms with Gasteiger partial charge in [-0.25, -0.2) is 0 Å². The van der Waals surface area contributed by atoms with Gasteiger partial charge in [-0.15, -0.1) is 11.3 Å². The Morgan fingerprint density at radius 2 is 1.32 bits per heavy atom. The molecule has 0 aliphatic heterocycles. The molecule has 0 amide bonds. The fraction of sp³-hybridized carbons (Fsp3) is 0.250. The summed E-state index contributed by atoms with van der Waals surface area (Å²) in [5.41, 5.74) is 6.05. The molecule has 34 heavy (non-hydrogen) atoms. The van der Waals surface area contributed by atoms with Crippen molar-refractivity contribution < 1.29 is 4.42 Å². The highest BCUT2D eigenvalue weighted by Crippen LogP contribution is 2.43. The van der Waals surface area contributed by atoms with Crippen LogP contribution in [0.4, 0.5) is 0 Å². The topological polar surface area (TPSA) is 13.1 Å². The van der Waals surface area contributed by atoms with Gasteiger partial charge in [-0.05, 0) is 52.1 Å². The molecule has 0 aliphatic rings. The zero-order valence-corrected chi connectivity index (χ0v) is 21.3. The van der Waals surface area contributed by atoms with E-state index in [9.17, 15) is 0 Å². The molecular weight excluding hydrogens is 432 g/mol. The van der Waals surface area contributed by atoms with Crippen molar-refractivity contribution in [2.45, 2.75) is 51.9 Å². The van der Waals surface area contributed by atoms with Gasteiger partial charge in [0, 0.05) is 30.9 Å². The van der Waals surface area contributed by atoms with Crippen LogP contribution in [-0.4, -0.2) is 0 Å². The lowest BCUT2D eigenvalue weighted by atomic mass is 9.77. The van der Waals surface area contributed by atoms with Crippen molar-refractivity contribution in [2.75, 3.05) is 0 Å². The molecule has 0 bridgehead atoms. The maximum atomic E-state index is 6.55. The smallest absolute Gasteiger partial charge is 0.138 e. The Morgan fingerprint density at radius 1 is 0.647 bits per heavy atom. The fourth-order valence-corrected chi connectivity index (χ4v) is 6.71. The Balaban J connectivity index is 1.53. The molecule has 170 valence electrons. The summed E-state index contributed by atoms with van der Waals surface area (Å²) in [6.07, 6.45) is 0.915. The Labute approximate surface area is 205 Å². The lowest BCUT2D eigenvalue weighted by Gasteiger charge is -2.27. The lowest BCUT2D eigenvalue weighted by Crippen LogP contribution is -2.21. The van der Waals surface area contributed by atoms with Crippen LogP contribution in [0.3, 0.4) is 0 Å². The molecule has 0 fully saturated rings. The van der Waals surface area contributed by atoms with Crippen LogP contribution in [-0.2, 0) is 17.3 Å². The van der Waals surface area contributed by atoms with Crippen molar-refractivity contribution in [3.8, 4) is 0 Å². The maximum Gasteiger partial charge on any atom is 0.138 e. The SMILES string of the molecule is CC(C)(C)c1cccc2oc3c(CC(C)(C)c4cccc5sc6ccccc6c45)cccc3c12. The number of para-hydroxylation sites is 1. The Kier molecular flexibility index (Phi) is 4.70. The standard InChI is InChI=1S/C32H30OS/c1-31(2,3)23-14-9-16-25-28(23)22-13-8-11-20(30(22)33-25)19-32(4,5)24-15-10-18-27-29(24)21-12-6-7-17-26(21)34-27/h6-18H,19H2,1-5H3. The number of furan rings is 1. The molecule has 0 aliphatic carbocycles. The number of hydrogen-bond donors (Lipinski definition) is 0. The van der Waals surface area contributed by atoms with Crippen molar-refractivity contribution in [1.29, 1.82) is 0 Å². The van der Waals surface area contributed by atoms with Gasteiger partial charge in [0.1, 0.15) is 11.2 Å². The zero-order chi connectivity index (χ0) is 23.7. The van der Waals surface area contributed by atoms with Gasteiger partial charge in [0.15, 0.2) is 0 Å². The zero-order valence-electron chi connectivity index (χ0n) is 20.5. The molecule has 0 radical (unpaired) electrons. The van der Waals surface area contributed by atoms with Gasteiger partial charge in [0.2, 0.25) is 0 Å². The van der Waals surface area contributed by atoms with Crippen molar-refractivity contribution in [1.82, 2.24) is 0 Å². The Morgan fingerprint density at radius 3 is 2.15 bits per heavy atom. The summed E-state index contributed by atoms with van der Waals surface area (Å²) in [5, 5.41) is 5.26. The summed E-state index contributed by atoms with van der Waals surface area (Å²) in [6.45, 7) is 11.6. The molecular formula is C32H30OS. The Hall–Kier alpha value is -3.10. The number of rotatable bonds is 3. The van der Waals surface area contributed by atoms with Crippen molar-refractivity contribution in [3.63, 3.8) is 0 Å². The van der Waals surface area contributed by atoms with E-state index in [2.05, 4.69) is 113 Å². The highest BCUT2D eigenvalue weighted by Gasteiger charge is 2.27. The third kappa shape index (κ3) is 3.27. The van der Waals surface area contributed by atoms with Gasteiger partial charge in [-0.3, -0.25) is 0 Å². The highest BCUT2D eigenvalue weighted by molar-refractivity contribution is 7.25. The van der Waals surface area contributed by atoms with Crippen LogP contribution in [0, 0.1) is 0 Å². The van der Waals surface area contributed by atoms with Crippen LogP contribution < -0.4 is 0 Å². The van der Waals surface area contributed by atoms with Crippen molar-refractivity contribution in [2.24, 2.45) is 0 Å². The van der Waals surface area contributed by atoms with E-state index in [1.54, 1.807) is 0 Å². The van der Waals surface area contributed by atoms with E-state index < -0.39 is 0 Å². The summed E-state index contributed by atoms with van der Waals surface area (Å²) in [7, 11) is 0. The van der Waals surface area contributed by atoms with Crippen LogP contribution in [0.1, 0.15) is 51.3 Å². The molecule has 2 aromatic heterocycles. The largest absolute Gasteiger partial charge is 0.456 e. The van der Waals surface area contributed by atoms with E-state index in [0.29, 0.717) is 0 Å². The molecule has 0 saturated heterocycles. The monoisotopic (exact) mass is 462 g/mol. The van der Waals surface area contributed by atoms with Gasteiger partial charge >= 0.3 is 0 Å². The van der Waals surface area contributed by atoms with Gasteiger partial charge in [0.05, 0.1) is 0 Å². The quantitative estimate of drug-likeness (QED) is 0.255. The van der Waals surface area contributed by atoms with E-state index in [1.807, 2.05) is 11.3 Å². The van der Waals surface area contributed by atoms with Crippen LogP contribution in [0.2, 0.25) is 0 Å². The van der Waals surface area contributed by atoms with Crippen LogP contribution in [0.5, 0.6) is 0 Å². The van der Waals surface area contributed by atoms with Crippen LogP contribution >= 0.6 is 11.3 Å². The maximum absolute atomic E-state index is 6.55. The van der Waals surface area contributed by atoms with Crippen molar-refractivity contribution >= 4 is 53.4 Å². The number of hydrogen-bond acceptors (Lipinski definition) is 2. The minimum Gasteiger partial charge on any atom is -0.456 e. The third-order valence-corrected chi connectivity index (χ3v) is 8.31. The van der Waals surface area contributed by atoms with Gasteiger partial charge in [-0.1, -0.05) is 95.3 Å². The molecule has 2 heterocycles. The van der Waals surface area contributed by atoms with Crippen LogP contribution in [0.15, 0.2) is 83.3 Å². The second kappa shape index (κ2) is 7.45. The molecule has 6 rings (SSSR count). The van der Waals surface area contributed by atoms with E-state index in [-0.39, 0.29) is 10.8 Å². The average molecular weight is 463 g/mol. The minimum atomic E-state index is -0.0521. The summed E-state index contributed by atoms with van der Waals surface area (Å²) in [4.78, 5) is 0. The molecule has 2 heteroatoms. The first-order valence-electron chi connectivity index (χ1n) is 12.1. The van der Waals surface area contributed by atoms with Gasteiger partial charge < -0.3 is 4.42 Å². The molecule has 0 spiro atoms. The lowest BCUT2D eigenvalue weighted by molar-refractivity contribution is 0.524. The predicted octanol–water partition coefficient (Wildman–Crippen LogP) is 9.77. The number of benzene rings is 4. The highest BCUT2D eigenvalue weighted by atomic mass is 32.1. The minimum absolute atomic E-state index is 0.0521. The van der Waals surface area contributed by atoms with E-state index >= 15 is 0 Å². The first kappa shape index (κ1) is 21.4. The normalized spacial score (nSPS) is 13.0. The molecule has 0 N–H and O–H groups in total. The number of thiophene rings is 1. The van der Waals surface area contributed by atoms with Crippen molar-refractivity contribution in [3.05, 3.63) is 95.6 Å². The molecule has 4 aromatic carbocycles. The second-order valence-electron chi connectivity index (χ2n) is 11.2. The molecule has 0 saturated carbocycles. The summed E-state index contributed by atoms with van der Waals surface area (Å²) < 4.78 is 9.27. The number of fused-ring (bicyclic) bond motifs is 6.